The predicted molar refractivity (Wildman–Crippen MR) is 84.4 cm³/mol. The molecule has 22 heavy (non-hydrogen) atoms. The first-order valence-electron chi connectivity index (χ1n) is 8.54. The first-order chi connectivity index (χ1) is 10.6. The zero-order valence-electron chi connectivity index (χ0n) is 13.4. The minimum Gasteiger partial charge on any atom is -0.329 e. The zero-order chi connectivity index (χ0) is 15.5. The number of hydrogen-bond acceptors (Lipinski definition) is 1. The van der Waals surface area contributed by atoms with Crippen LogP contribution in [0.1, 0.15) is 43.0 Å². The van der Waals surface area contributed by atoms with Crippen LogP contribution in [0, 0.1) is 11.7 Å². The summed E-state index contributed by atoms with van der Waals surface area (Å²) < 4.78 is 13.3. The van der Waals surface area contributed by atoms with E-state index in [0.29, 0.717) is 5.56 Å². The normalized spacial score (nSPS) is 26.9. The number of carbonyl (C=O) groups is 1. The molecule has 2 fully saturated rings. The molecule has 1 aromatic rings. The summed E-state index contributed by atoms with van der Waals surface area (Å²) in [5.41, 5.74) is 0.467. The summed E-state index contributed by atoms with van der Waals surface area (Å²) in [7, 11) is 0. The average Bonchev–Trinajstić information content (AvgIpc) is 2.55. The Bertz CT molecular complexity index is 526. The number of rotatable bonds is 2. The van der Waals surface area contributed by atoms with E-state index in [9.17, 15) is 9.18 Å². The summed E-state index contributed by atoms with van der Waals surface area (Å²) in [5.74, 6) is 0.426. The number of piperazine rings is 1. The molecular weight excluding hydrogens is 279 g/mol. The van der Waals surface area contributed by atoms with Crippen LogP contribution in [-0.2, 0) is 0 Å². The molecule has 2 atom stereocenters. The first kappa shape index (κ1) is 15.5. The smallest absolute Gasteiger partial charge is 0.254 e. The molecule has 1 aliphatic carbocycles. The van der Waals surface area contributed by atoms with E-state index in [4.69, 9.17) is 0 Å². The molecule has 1 saturated carbocycles. The van der Waals surface area contributed by atoms with Crippen LogP contribution in [-0.4, -0.2) is 43.0 Å². The largest absolute Gasteiger partial charge is 0.329 e. The van der Waals surface area contributed by atoms with E-state index in [1.807, 2.05) is 4.90 Å². The summed E-state index contributed by atoms with van der Waals surface area (Å²) in [6.45, 7) is 6.00. The molecule has 1 aliphatic heterocycles. The predicted octanol–water partition coefficient (Wildman–Crippen LogP) is 1.75. The van der Waals surface area contributed by atoms with Crippen molar-refractivity contribution in [3.8, 4) is 0 Å². The Hall–Kier alpha value is -1.42. The van der Waals surface area contributed by atoms with Crippen LogP contribution in [0.25, 0.3) is 0 Å². The second-order valence-electron chi connectivity index (χ2n) is 6.83. The van der Waals surface area contributed by atoms with E-state index in [1.165, 1.54) is 37.8 Å². The molecule has 0 bridgehead atoms. The van der Waals surface area contributed by atoms with Crippen LogP contribution in [0.15, 0.2) is 24.3 Å². The van der Waals surface area contributed by atoms with E-state index < -0.39 is 0 Å². The quantitative estimate of drug-likeness (QED) is 0.884. The highest BCUT2D eigenvalue weighted by Gasteiger charge is 2.34. The SMILES string of the molecule is C[C@@H]1CCCC[C@H]1[NH+]1CCN(C(=O)c2cccc(F)c2)CC1. The number of hydrogen-bond donors (Lipinski definition) is 1. The number of nitrogens with zero attached hydrogens (tertiary/aromatic N) is 1. The second-order valence-corrected chi connectivity index (χ2v) is 6.83. The second kappa shape index (κ2) is 6.78. The number of halogens is 1. The highest BCUT2D eigenvalue weighted by atomic mass is 19.1. The van der Waals surface area contributed by atoms with Gasteiger partial charge in [0, 0.05) is 11.5 Å². The van der Waals surface area contributed by atoms with Gasteiger partial charge in [0.15, 0.2) is 0 Å². The summed E-state index contributed by atoms with van der Waals surface area (Å²) >= 11 is 0. The molecule has 1 aromatic carbocycles. The number of benzene rings is 1. The van der Waals surface area contributed by atoms with Gasteiger partial charge in [0.2, 0.25) is 0 Å². The van der Waals surface area contributed by atoms with Crippen molar-refractivity contribution in [3.05, 3.63) is 35.6 Å². The Balaban J connectivity index is 1.58. The number of carbonyl (C=O) groups excluding carboxylic acids is 1. The Morgan fingerprint density at radius 2 is 1.95 bits per heavy atom. The molecular formula is C18H26FN2O+. The third kappa shape index (κ3) is 3.32. The molecule has 0 aromatic heterocycles. The minimum absolute atomic E-state index is 0.0322. The minimum atomic E-state index is -0.342. The van der Waals surface area contributed by atoms with E-state index in [2.05, 4.69) is 6.92 Å². The highest BCUT2D eigenvalue weighted by Crippen LogP contribution is 2.22. The van der Waals surface area contributed by atoms with Crippen LogP contribution in [0.4, 0.5) is 4.39 Å². The topological polar surface area (TPSA) is 24.8 Å². The van der Waals surface area contributed by atoms with Gasteiger partial charge in [0.1, 0.15) is 5.82 Å². The van der Waals surface area contributed by atoms with E-state index in [1.54, 1.807) is 17.0 Å². The fraction of sp³-hybridized carbons (Fsp3) is 0.611. The fourth-order valence-corrected chi connectivity index (χ4v) is 4.09. The summed E-state index contributed by atoms with van der Waals surface area (Å²) in [6.07, 6.45) is 5.40. The van der Waals surface area contributed by atoms with Gasteiger partial charge in [-0.15, -0.1) is 0 Å². The van der Waals surface area contributed by atoms with Gasteiger partial charge in [-0.25, -0.2) is 4.39 Å². The molecule has 1 N–H and O–H groups in total. The number of quaternary nitrogens is 1. The Labute approximate surface area is 132 Å². The first-order valence-corrected chi connectivity index (χ1v) is 8.54. The third-order valence-corrected chi connectivity index (χ3v) is 5.40. The maximum absolute atomic E-state index is 13.3. The van der Waals surface area contributed by atoms with Crippen LogP contribution < -0.4 is 4.90 Å². The summed E-state index contributed by atoms with van der Waals surface area (Å²) in [5, 5.41) is 0. The standard InChI is InChI=1S/C18H25FN2O/c1-14-5-2-3-8-17(14)20-9-11-21(12-10-20)18(22)15-6-4-7-16(19)13-15/h4,6-7,13-14,17H,2-3,5,8-12H2,1H3/p+1/t14-,17-/m1/s1. The van der Waals surface area contributed by atoms with Crippen LogP contribution in [0.5, 0.6) is 0 Å². The van der Waals surface area contributed by atoms with Gasteiger partial charge >= 0.3 is 0 Å². The summed E-state index contributed by atoms with van der Waals surface area (Å²) in [6, 6.07) is 6.79. The highest BCUT2D eigenvalue weighted by molar-refractivity contribution is 5.94. The number of amides is 1. The van der Waals surface area contributed by atoms with E-state index in [-0.39, 0.29) is 11.7 Å². The Kier molecular flexibility index (Phi) is 4.77. The van der Waals surface area contributed by atoms with Crippen molar-refractivity contribution in [3.63, 3.8) is 0 Å². The molecule has 3 nitrogen and oxygen atoms in total. The lowest BCUT2D eigenvalue weighted by Gasteiger charge is -2.40. The molecule has 1 heterocycles. The molecule has 0 spiro atoms. The van der Waals surface area contributed by atoms with Gasteiger partial charge in [-0.05, 0) is 37.5 Å². The van der Waals surface area contributed by atoms with Gasteiger partial charge < -0.3 is 9.80 Å². The Morgan fingerprint density at radius 3 is 2.64 bits per heavy atom. The number of nitrogens with one attached hydrogen (secondary N) is 1. The maximum atomic E-state index is 13.3. The maximum Gasteiger partial charge on any atom is 0.254 e. The van der Waals surface area contributed by atoms with E-state index >= 15 is 0 Å². The molecule has 0 unspecified atom stereocenters. The van der Waals surface area contributed by atoms with Crippen LogP contribution >= 0.6 is 0 Å². The molecule has 2 aliphatic rings. The third-order valence-electron chi connectivity index (χ3n) is 5.40. The van der Waals surface area contributed by atoms with Crippen molar-refractivity contribution in [2.24, 2.45) is 5.92 Å². The molecule has 120 valence electrons. The van der Waals surface area contributed by atoms with Gasteiger partial charge in [-0.1, -0.05) is 19.4 Å². The monoisotopic (exact) mass is 305 g/mol. The molecule has 1 amide bonds. The molecule has 4 heteroatoms. The lowest BCUT2D eigenvalue weighted by atomic mass is 9.84. The van der Waals surface area contributed by atoms with Crippen molar-refractivity contribution in [1.82, 2.24) is 4.90 Å². The summed E-state index contributed by atoms with van der Waals surface area (Å²) in [4.78, 5) is 16.0. The van der Waals surface area contributed by atoms with Crippen molar-refractivity contribution in [2.75, 3.05) is 26.2 Å². The van der Waals surface area contributed by atoms with Gasteiger partial charge in [0.25, 0.3) is 5.91 Å². The van der Waals surface area contributed by atoms with Gasteiger partial charge in [-0.2, -0.15) is 0 Å². The van der Waals surface area contributed by atoms with Crippen molar-refractivity contribution >= 4 is 5.91 Å². The average molecular weight is 305 g/mol. The molecule has 3 rings (SSSR count). The zero-order valence-corrected chi connectivity index (χ0v) is 13.4. The molecule has 1 saturated heterocycles. The van der Waals surface area contributed by atoms with Gasteiger partial charge in [0.05, 0.1) is 32.2 Å². The lowest BCUT2D eigenvalue weighted by molar-refractivity contribution is -0.934. The van der Waals surface area contributed by atoms with E-state index in [0.717, 1.165) is 38.1 Å². The molecule has 0 radical (unpaired) electrons. The fourth-order valence-electron chi connectivity index (χ4n) is 4.09. The van der Waals surface area contributed by atoms with Crippen LogP contribution in [0.3, 0.4) is 0 Å². The lowest BCUT2D eigenvalue weighted by Crippen LogP contribution is -3.19. The van der Waals surface area contributed by atoms with Crippen LogP contribution in [0.2, 0.25) is 0 Å². The Morgan fingerprint density at radius 1 is 1.23 bits per heavy atom. The van der Waals surface area contributed by atoms with Crippen molar-refractivity contribution in [1.29, 1.82) is 0 Å². The van der Waals surface area contributed by atoms with Crippen molar-refractivity contribution in [2.45, 2.75) is 38.6 Å². The van der Waals surface area contributed by atoms with Gasteiger partial charge in [-0.3, -0.25) is 4.79 Å². The van der Waals surface area contributed by atoms with Crippen molar-refractivity contribution < 1.29 is 14.1 Å².